The number of allylic oxidation sites excluding steroid dienone is 6. The van der Waals surface area contributed by atoms with Gasteiger partial charge in [-0.2, -0.15) is 0 Å². The molecular weight excluding hydrogens is 212 g/mol. The highest BCUT2D eigenvalue weighted by molar-refractivity contribution is 5.71. The molecule has 17 heavy (non-hydrogen) atoms. The maximum Gasteiger partial charge on any atom is 0.309 e. The van der Waals surface area contributed by atoms with E-state index in [-0.39, 0.29) is 5.97 Å². The van der Waals surface area contributed by atoms with Crippen LogP contribution < -0.4 is 0 Å². The van der Waals surface area contributed by atoms with E-state index in [1.165, 1.54) is 0 Å². The van der Waals surface area contributed by atoms with Gasteiger partial charge in [-0.05, 0) is 32.4 Å². The summed E-state index contributed by atoms with van der Waals surface area (Å²) in [5.41, 5.74) is 4.21. The van der Waals surface area contributed by atoms with Gasteiger partial charge >= 0.3 is 5.97 Å². The van der Waals surface area contributed by atoms with E-state index in [9.17, 15) is 4.79 Å². The number of ether oxygens (including phenoxy) is 1. The number of carbonyl (C=O) groups is 1. The third-order valence-electron chi connectivity index (χ3n) is 1.64. The third kappa shape index (κ3) is 12.1. The molecule has 0 radical (unpaired) electrons. The molecule has 92 valence electrons. The Hall–Kier alpha value is -1.79. The van der Waals surface area contributed by atoms with Crippen LogP contribution in [0.2, 0.25) is 0 Å². The molecule has 0 amide bonds. The molecule has 0 heterocycles. The molecule has 2 heteroatoms. The number of hydrogen-bond acceptors (Lipinski definition) is 2. The van der Waals surface area contributed by atoms with Crippen molar-refractivity contribution >= 4 is 5.97 Å². The molecule has 0 aromatic heterocycles. The molecule has 0 aliphatic carbocycles. The topological polar surface area (TPSA) is 26.3 Å². The van der Waals surface area contributed by atoms with Crippen molar-refractivity contribution in [2.75, 3.05) is 6.61 Å². The molecule has 0 saturated heterocycles. The van der Waals surface area contributed by atoms with Crippen LogP contribution in [0.4, 0.5) is 0 Å². The van der Waals surface area contributed by atoms with Crippen molar-refractivity contribution in [3.8, 4) is 0 Å². The lowest BCUT2D eigenvalue weighted by Gasteiger charge is -1.95. The van der Waals surface area contributed by atoms with Crippen LogP contribution in [0.5, 0.6) is 0 Å². The summed E-state index contributed by atoms with van der Waals surface area (Å²) in [5.74, 6) is -0.195. The highest BCUT2D eigenvalue weighted by atomic mass is 16.5. The zero-order valence-electron chi connectivity index (χ0n) is 10.8. The van der Waals surface area contributed by atoms with Gasteiger partial charge < -0.3 is 4.74 Å². The van der Waals surface area contributed by atoms with Gasteiger partial charge in [0, 0.05) is 0 Å². The van der Waals surface area contributed by atoms with Gasteiger partial charge in [-0.3, -0.25) is 4.79 Å². The van der Waals surface area contributed by atoms with Gasteiger partial charge in [0.1, 0.15) is 0 Å². The predicted molar refractivity (Wildman–Crippen MR) is 71.6 cm³/mol. The average Bonchev–Trinajstić information content (AvgIpc) is 2.27. The molecule has 0 fully saturated rings. The van der Waals surface area contributed by atoms with Crippen molar-refractivity contribution in [2.24, 2.45) is 0 Å². The molecule has 0 aromatic rings. The smallest absolute Gasteiger partial charge is 0.309 e. The Bertz CT molecular complexity index is 360. The van der Waals surface area contributed by atoms with Gasteiger partial charge in [0.25, 0.3) is 0 Å². The van der Waals surface area contributed by atoms with Crippen molar-refractivity contribution in [1.82, 2.24) is 0 Å². The van der Waals surface area contributed by atoms with E-state index < -0.39 is 0 Å². The van der Waals surface area contributed by atoms with E-state index >= 15 is 0 Å². The van der Waals surface area contributed by atoms with Crippen LogP contribution in [0, 0.1) is 0 Å². The molecule has 0 spiro atoms. The Labute approximate surface area is 104 Å². The minimum absolute atomic E-state index is 0.195. The monoisotopic (exact) mass is 232 g/mol. The number of hydrogen-bond donors (Lipinski definition) is 0. The van der Waals surface area contributed by atoms with E-state index in [1.807, 2.05) is 50.3 Å². The summed E-state index contributed by atoms with van der Waals surface area (Å²) in [7, 11) is 0. The number of carbonyl (C=O) groups excluding carboxylic acids is 1. The molecule has 0 aliphatic rings. The lowest BCUT2D eigenvalue weighted by molar-refractivity contribution is -0.142. The average molecular weight is 232 g/mol. The van der Waals surface area contributed by atoms with Crippen molar-refractivity contribution in [3.63, 3.8) is 0 Å². The highest BCUT2D eigenvalue weighted by Gasteiger charge is 1.94. The quantitative estimate of drug-likeness (QED) is 0.396. The van der Waals surface area contributed by atoms with Crippen LogP contribution in [0.25, 0.3) is 0 Å². The third-order valence-corrected chi connectivity index (χ3v) is 1.64. The fraction of sp³-hybridized carbons (Fsp3) is 0.333. The van der Waals surface area contributed by atoms with Crippen LogP contribution in [0.1, 0.15) is 27.2 Å². The standard InChI is InChI=1S/C15H20O2/c1-4-17-15(16)13-11-9-7-5-6-8-10-12-14(2)3/h5-11H,4,13H2,1-3H3/b7-5+,8-6+,11-9+. The molecule has 0 aromatic carbocycles. The molecule has 0 bridgehead atoms. The largest absolute Gasteiger partial charge is 0.466 e. The lowest BCUT2D eigenvalue weighted by Crippen LogP contribution is -2.01. The van der Waals surface area contributed by atoms with Crippen LogP contribution in [0.15, 0.2) is 53.8 Å². The maximum atomic E-state index is 11.0. The molecular formula is C15H20O2. The first-order valence-electron chi connectivity index (χ1n) is 5.70. The molecule has 0 atom stereocenters. The Morgan fingerprint density at radius 2 is 1.76 bits per heavy atom. The van der Waals surface area contributed by atoms with E-state index in [1.54, 1.807) is 13.0 Å². The molecule has 0 unspecified atom stereocenters. The first-order chi connectivity index (χ1) is 8.16. The van der Waals surface area contributed by atoms with Gasteiger partial charge in [-0.15, -0.1) is 5.73 Å². The molecule has 0 aliphatic heterocycles. The second-order valence-electron chi connectivity index (χ2n) is 3.52. The molecule has 0 rings (SSSR count). The predicted octanol–water partition coefficient (Wildman–Crippen LogP) is 3.73. The van der Waals surface area contributed by atoms with E-state index in [2.05, 4.69) is 5.73 Å². The van der Waals surface area contributed by atoms with Crippen molar-refractivity contribution in [2.45, 2.75) is 27.2 Å². The summed E-state index contributed by atoms with van der Waals surface area (Å²) in [6.45, 7) is 6.23. The Morgan fingerprint density at radius 1 is 1.12 bits per heavy atom. The number of esters is 1. The summed E-state index contributed by atoms with van der Waals surface area (Å²) in [6, 6.07) is 0. The van der Waals surface area contributed by atoms with E-state index in [0.717, 1.165) is 5.57 Å². The van der Waals surface area contributed by atoms with Gasteiger partial charge in [0.15, 0.2) is 0 Å². The fourth-order valence-corrected chi connectivity index (χ4v) is 0.926. The summed E-state index contributed by atoms with van der Waals surface area (Å²) in [6.07, 6.45) is 13.4. The summed E-state index contributed by atoms with van der Waals surface area (Å²) >= 11 is 0. The minimum Gasteiger partial charge on any atom is -0.466 e. The van der Waals surface area contributed by atoms with E-state index in [0.29, 0.717) is 13.0 Å². The second kappa shape index (κ2) is 10.7. The van der Waals surface area contributed by atoms with Crippen LogP contribution in [-0.4, -0.2) is 12.6 Å². The fourth-order valence-electron chi connectivity index (χ4n) is 0.926. The minimum atomic E-state index is -0.195. The molecule has 0 saturated carbocycles. The molecule has 0 N–H and O–H groups in total. The molecule has 2 nitrogen and oxygen atoms in total. The first kappa shape index (κ1) is 15.2. The van der Waals surface area contributed by atoms with Gasteiger partial charge in [-0.25, -0.2) is 0 Å². The Kier molecular flexibility index (Phi) is 9.59. The van der Waals surface area contributed by atoms with Crippen molar-refractivity contribution in [3.05, 3.63) is 53.8 Å². The Balaban J connectivity index is 3.85. The Morgan fingerprint density at radius 3 is 2.41 bits per heavy atom. The summed E-state index contributed by atoms with van der Waals surface area (Å²) in [4.78, 5) is 11.0. The van der Waals surface area contributed by atoms with E-state index in [4.69, 9.17) is 4.74 Å². The van der Waals surface area contributed by atoms with Crippen LogP contribution in [-0.2, 0) is 9.53 Å². The second-order valence-corrected chi connectivity index (χ2v) is 3.52. The zero-order chi connectivity index (χ0) is 12.9. The first-order valence-corrected chi connectivity index (χ1v) is 5.70. The van der Waals surface area contributed by atoms with Gasteiger partial charge in [0.05, 0.1) is 13.0 Å². The maximum absolute atomic E-state index is 11.0. The SMILES string of the molecule is CCOC(=O)C/C=C/C=C/C=C/C=C=C(C)C. The van der Waals surface area contributed by atoms with Crippen LogP contribution >= 0.6 is 0 Å². The van der Waals surface area contributed by atoms with Crippen molar-refractivity contribution in [1.29, 1.82) is 0 Å². The van der Waals surface area contributed by atoms with Gasteiger partial charge in [-0.1, -0.05) is 36.5 Å². The van der Waals surface area contributed by atoms with Gasteiger partial charge in [0.2, 0.25) is 0 Å². The normalized spacial score (nSPS) is 11.0. The van der Waals surface area contributed by atoms with Crippen molar-refractivity contribution < 1.29 is 9.53 Å². The number of rotatable bonds is 6. The summed E-state index contributed by atoms with van der Waals surface area (Å²) < 4.78 is 4.78. The zero-order valence-corrected chi connectivity index (χ0v) is 10.8. The van der Waals surface area contributed by atoms with Crippen LogP contribution in [0.3, 0.4) is 0 Å². The summed E-state index contributed by atoms with van der Waals surface area (Å²) in [5, 5.41) is 0. The highest BCUT2D eigenvalue weighted by Crippen LogP contribution is 1.90. The lowest BCUT2D eigenvalue weighted by atomic mass is 10.3.